The van der Waals surface area contributed by atoms with E-state index in [1.807, 2.05) is 0 Å². The maximum Gasteiger partial charge on any atom is 0.230 e. The third-order valence-corrected chi connectivity index (χ3v) is 2.89. The van der Waals surface area contributed by atoms with Gasteiger partial charge in [0.1, 0.15) is 0 Å². The first-order valence-corrected chi connectivity index (χ1v) is 6.05. The van der Waals surface area contributed by atoms with Crippen molar-refractivity contribution in [1.82, 2.24) is 4.90 Å². The quantitative estimate of drug-likeness (QED) is 0.617. The second kappa shape index (κ2) is 5.51. The summed E-state index contributed by atoms with van der Waals surface area (Å²) in [6, 6.07) is 6.80. The minimum atomic E-state index is -0.293. The van der Waals surface area contributed by atoms with Crippen LogP contribution in [0.2, 0.25) is 0 Å². The summed E-state index contributed by atoms with van der Waals surface area (Å²) in [5.74, 6) is -0.730. The average molecular weight is 261 g/mol. The molecule has 0 aromatic heterocycles. The molecule has 0 saturated carbocycles. The van der Waals surface area contributed by atoms with Crippen LogP contribution in [0.3, 0.4) is 0 Å². The molecule has 0 unspecified atom stereocenters. The smallest absolute Gasteiger partial charge is 0.230 e. The molecule has 1 aliphatic heterocycles. The van der Waals surface area contributed by atoms with Gasteiger partial charge in [-0.25, -0.2) is 0 Å². The molecule has 0 radical (unpaired) electrons. The number of β-lactam (4-membered cyclic amide) rings is 1. The third-order valence-electron chi connectivity index (χ3n) is 2.89. The van der Waals surface area contributed by atoms with Crippen molar-refractivity contribution in [2.45, 2.75) is 19.3 Å². The zero-order valence-corrected chi connectivity index (χ0v) is 10.4. The van der Waals surface area contributed by atoms with E-state index in [0.717, 1.165) is 0 Å². The molecular weight excluding hydrogens is 246 g/mol. The molecule has 1 saturated heterocycles. The second-order valence-electron chi connectivity index (χ2n) is 4.36. The molecule has 0 bridgehead atoms. The van der Waals surface area contributed by atoms with E-state index in [1.54, 1.807) is 24.3 Å². The summed E-state index contributed by atoms with van der Waals surface area (Å²) in [7, 11) is 0. The highest BCUT2D eigenvalue weighted by Gasteiger charge is 2.29. The number of carbonyl (C=O) groups is 3. The van der Waals surface area contributed by atoms with Gasteiger partial charge < -0.3 is 11.1 Å². The number of hydrogen-bond donors (Lipinski definition) is 2. The Morgan fingerprint density at radius 2 is 2.11 bits per heavy atom. The van der Waals surface area contributed by atoms with Crippen molar-refractivity contribution in [3.8, 4) is 0 Å². The number of rotatable bonds is 4. The molecule has 6 nitrogen and oxygen atoms in total. The summed E-state index contributed by atoms with van der Waals surface area (Å²) in [5.41, 5.74) is 6.74. The van der Waals surface area contributed by atoms with Crippen LogP contribution in [0.15, 0.2) is 24.3 Å². The molecule has 1 aromatic carbocycles. The van der Waals surface area contributed by atoms with Crippen LogP contribution in [0.5, 0.6) is 0 Å². The summed E-state index contributed by atoms with van der Waals surface area (Å²) in [5, 5.41) is 2.65. The minimum Gasteiger partial charge on any atom is -0.399 e. The normalized spacial score (nSPS) is 13.9. The maximum absolute atomic E-state index is 11.6. The van der Waals surface area contributed by atoms with Crippen LogP contribution in [0, 0.1) is 0 Å². The Balaban J connectivity index is 1.78. The Labute approximate surface area is 110 Å². The number of nitrogen functional groups attached to an aromatic ring is 1. The Morgan fingerprint density at radius 3 is 2.68 bits per heavy atom. The van der Waals surface area contributed by atoms with Crippen molar-refractivity contribution in [3.05, 3.63) is 24.3 Å². The average Bonchev–Trinajstić information content (AvgIpc) is 2.34. The van der Waals surface area contributed by atoms with Crippen molar-refractivity contribution >= 4 is 29.1 Å². The van der Waals surface area contributed by atoms with Gasteiger partial charge in [-0.15, -0.1) is 0 Å². The fraction of sp³-hybridized carbons (Fsp3) is 0.308. The fourth-order valence-electron chi connectivity index (χ4n) is 1.77. The molecule has 3 amide bonds. The highest BCUT2D eigenvalue weighted by atomic mass is 16.2. The zero-order chi connectivity index (χ0) is 13.8. The van der Waals surface area contributed by atoms with Gasteiger partial charge >= 0.3 is 0 Å². The number of anilines is 2. The van der Waals surface area contributed by atoms with Gasteiger partial charge in [0.2, 0.25) is 17.7 Å². The lowest BCUT2D eigenvalue weighted by Crippen LogP contribution is -2.47. The van der Waals surface area contributed by atoms with Crippen molar-refractivity contribution in [1.29, 1.82) is 0 Å². The molecule has 0 spiro atoms. The standard InChI is InChI=1S/C13H15N3O3/c14-9-2-1-3-10(8-9)15-11(17)4-5-12(18)16-7-6-13(16)19/h1-3,8H,4-7,14H2,(H,15,17). The predicted molar refractivity (Wildman–Crippen MR) is 70.1 cm³/mol. The monoisotopic (exact) mass is 261 g/mol. The van der Waals surface area contributed by atoms with Gasteiger partial charge in [-0.1, -0.05) is 6.07 Å². The summed E-state index contributed by atoms with van der Waals surface area (Å²) in [6.07, 6.45) is 0.512. The lowest BCUT2D eigenvalue weighted by atomic mass is 10.1. The molecule has 1 aromatic rings. The molecule has 1 fully saturated rings. The number of likely N-dealkylation sites (tertiary alicyclic amines) is 1. The Bertz CT molecular complexity index is 528. The van der Waals surface area contributed by atoms with Gasteiger partial charge in [-0.2, -0.15) is 0 Å². The van der Waals surface area contributed by atoms with Crippen LogP contribution >= 0.6 is 0 Å². The van der Waals surface area contributed by atoms with Crippen LogP contribution in [0.1, 0.15) is 19.3 Å². The Morgan fingerprint density at radius 1 is 1.32 bits per heavy atom. The summed E-state index contributed by atoms with van der Waals surface area (Å²) >= 11 is 0. The molecule has 19 heavy (non-hydrogen) atoms. The number of carbonyl (C=O) groups excluding carboxylic acids is 3. The summed E-state index contributed by atoms with van der Waals surface area (Å²) in [4.78, 5) is 35.4. The summed E-state index contributed by atoms with van der Waals surface area (Å²) in [6.45, 7) is 0.467. The first-order valence-electron chi connectivity index (χ1n) is 6.05. The molecule has 1 heterocycles. The molecule has 3 N–H and O–H groups in total. The van der Waals surface area contributed by atoms with Gasteiger partial charge in [0.05, 0.1) is 0 Å². The predicted octanol–water partition coefficient (Wildman–Crippen LogP) is 0.746. The fourth-order valence-corrected chi connectivity index (χ4v) is 1.77. The van der Waals surface area contributed by atoms with E-state index >= 15 is 0 Å². The molecule has 0 aliphatic carbocycles. The number of nitrogens with two attached hydrogens (primary N) is 1. The van der Waals surface area contributed by atoms with Crippen molar-refractivity contribution in [2.75, 3.05) is 17.6 Å². The Hall–Kier alpha value is -2.37. The molecular formula is C13H15N3O3. The number of amides is 3. The van der Waals surface area contributed by atoms with Gasteiger partial charge in [0.25, 0.3) is 0 Å². The van der Waals surface area contributed by atoms with E-state index in [-0.39, 0.29) is 30.6 Å². The lowest BCUT2D eigenvalue weighted by molar-refractivity contribution is -0.152. The molecule has 1 aliphatic rings. The SMILES string of the molecule is Nc1cccc(NC(=O)CCC(=O)N2CCC2=O)c1. The van der Waals surface area contributed by atoms with Gasteiger partial charge in [-0.05, 0) is 18.2 Å². The van der Waals surface area contributed by atoms with E-state index in [4.69, 9.17) is 5.73 Å². The van der Waals surface area contributed by atoms with E-state index in [9.17, 15) is 14.4 Å². The molecule has 6 heteroatoms. The molecule has 2 rings (SSSR count). The van der Waals surface area contributed by atoms with E-state index in [1.165, 1.54) is 4.90 Å². The van der Waals surface area contributed by atoms with E-state index in [0.29, 0.717) is 24.3 Å². The number of benzene rings is 1. The van der Waals surface area contributed by atoms with Gasteiger partial charge in [0.15, 0.2) is 0 Å². The first kappa shape index (κ1) is 13.1. The minimum absolute atomic E-state index is 0.0416. The topological polar surface area (TPSA) is 92.5 Å². The Kier molecular flexibility index (Phi) is 3.79. The lowest BCUT2D eigenvalue weighted by Gasteiger charge is -2.28. The van der Waals surface area contributed by atoms with Crippen molar-refractivity contribution in [2.24, 2.45) is 0 Å². The summed E-state index contributed by atoms with van der Waals surface area (Å²) < 4.78 is 0. The van der Waals surface area contributed by atoms with Crippen LogP contribution in [0.4, 0.5) is 11.4 Å². The van der Waals surface area contributed by atoms with Crippen LogP contribution in [-0.2, 0) is 14.4 Å². The highest BCUT2D eigenvalue weighted by molar-refractivity contribution is 6.01. The van der Waals surface area contributed by atoms with Gasteiger partial charge in [0, 0.05) is 37.2 Å². The first-order chi connectivity index (χ1) is 9.06. The third kappa shape index (κ3) is 3.31. The molecule has 100 valence electrons. The van der Waals surface area contributed by atoms with Crippen LogP contribution in [-0.4, -0.2) is 29.2 Å². The van der Waals surface area contributed by atoms with Crippen molar-refractivity contribution < 1.29 is 14.4 Å². The second-order valence-corrected chi connectivity index (χ2v) is 4.36. The zero-order valence-electron chi connectivity index (χ0n) is 10.4. The van der Waals surface area contributed by atoms with E-state index < -0.39 is 0 Å². The van der Waals surface area contributed by atoms with Gasteiger partial charge in [-0.3, -0.25) is 19.3 Å². The molecule has 0 atom stereocenters. The number of nitrogens with zero attached hydrogens (tertiary/aromatic N) is 1. The number of imide groups is 1. The van der Waals surface area contributed by atoms with Crippen LogP contribution < -0.4 is 11.1 Å². The van der Waals surface area contributed by atoms with E-state index in [2.05, 4.69) is 5.32 Å². The maximum atomic E-state index is 11.6. The number of hydrogen-bond acceptors (Lipinski definition) is 4. The van der Waals surface area contributed by atoms with Crippen LogP contribution in [0.25, 0.3) is 0 Å². The van der Waals surface area contributed by atoms with Crippen molar-refractivity contribution in [3.63, 3.8) is 0 Å². The number of nitrogens with one attached hydrogen (secondary N) is 1. The highest BCUT2D eigenvalue weighted by Crippen LogP contribution is 2.14. The largest absolute Gasteiger partial charge is 0.399 e.